The highest BCUT2D eigenvalue weighted by molar-refractivity contribution is 7.89. The molecular formula is C43H51N11O7S. The minimum absolute atomic E-state index is 0.0496. The Kier molecular flexibility index (Phi) is 12.9. The number of rotatable bonds is 15. The van der Waals surface area contributed by atoms with Crippen LogP contribution in [0.4, 0.5) is 34.5 Å². The van der Waals surface area contributed by atoms with E-state index in [0.29, 0.717) is 55.7 Å². The number of carbonyl (C=O) groups excluding carboxylic acids is 5. The van der Waals surface area contributed by atoms with Crippen LogP contribution in [0.5, 0.6) is 0 Å². The Morgan fingerprint density at radius 2 is 1.63 bits per heavy atom. The lowest BCUT2D eigenvalue weighted by Gasteiger charge is -2.35. The van der Waals surface area contributed by atoms with Crippen LogP contribution < -0.4 is 36.2 Å². The monoisotopic (exact) mass is 865 g/mol. The van der Waals surface area contributed by atoms with Crippen molar-refractivity contribution in [2.75, 3.05) is 66.7 Å². The molecule has 0 aliphatic carbocycles. The summed E-state index contributed by atoms with van der Waals surface area (Å²) in [7, 11) is -3.72. The van der Waals surface area contributed by atoms with Gasteiger partial charge in [0.1, 0.15) is 11.9 Å². The molecule has 4 heterocycles. The topological polar surface area (TPSA) is 227 Å². The number of amides is 5. The van der Waals surface area contributed by atoms with E-state index in [9.17, 15) is 32.4 Å². The van der Waals surface area contributed by atoms with Gasteiger partial charge in [-0.2, -0.15) is 4.98 Å². The van der Waals surface area contributed by atoms with Gasteiger partial charge in [-0.25, -0.2) is 18.1 Å². The third-order valence-corrected chi connectivity index (χ3v) is 12.3. The zero-order chi connectivity index (χ0) is 44.2. The number of aromatic nitrogens is 2. The maximum atomic E-state index is 13.3. The average molecular weight is 866 g/mol. The number of anilines is 6. The molecule has 3 aliphatic rings. The number of piperidine rings is 1. The fourth-order valence-electron chi connectivity index (χ4n) is 7.48. The van der Waals surface area contributed by atoms with E-state index in [-0.39, 0.29) is 41.3 Å². The molecule has 1 unspecified atom stereocenters. The molecule has 2 fully saturated rings. The van der Waals surface area contributed by atoms with Crippen molar-refractivity contribution in [1.82, 2.24) is 35.1 Å². The molecule has 5 amide bonds. The molecule has 18 nitrogen and oxygen atoms in total. The molecule has 0 radical (unpaired) electrons. The summed E-state index contributed by atoms with van der Waals surface area (Å²) in [5.74, 6) is -1.39. The second-order valence-electron chi connectivity index (χ2n) is 16.5. The summed E-state index contributed by atoms with van der Waals surface area (Å²) < 4.78 is 28.5. The molecule has 1 aromatic heterocycles. The fourth-order valence-corrected chi connectivity index (χ4v) is 8.94. The number of hydrogen-bond acceptors (Lipinski definition) is 14. The number of sulfonamides is 1. The van der Waals surface area contributed by atoms with Crippen LogP contribution in [0.3, 0.4) is 0 Å². The first-order valence-electron chi connectivity index (χ1n) is 20.5. The summed E-state index contributed by atoms with van der Waals surface area (Å²) in [6.07, 6.45) is 2.40. The van der Waals surface area contributed by atoms with E-state index < -0.39 is 45.2 Å². The van der Waals surface area contributed by atoms with Gasteiger partial charge in [-0.05, 0) is 95.1 Å². The van der Waals surface area contributed by atoms with E-state index in [1.54, 1.807) is 69.4 Å². The van der Waals surface area contributed by atoms with Crippen LogP contribution in [0.15, 0.2) is 77.8 Å². The third kappa shape index (κ3) is 10.4. The maximum absolute atomic E-state index is 13.3. The van der Waals surface area contributed by atoms with E-state index >= 15 is 0 Å². The lowest BCUT2D eigenvalue weighted by molar-refractivity contribution is -0.136. The Morgan fingerprint density at radius 3 is 2.35 bits per heavy atom. The van der Waals surface area contributed by atoms with Gasteiger partial charge in [0.05, 0.1) is 22.6 Å². The van der Waals surface area contributed by atoms with Crippen molar-refractivity contribution in [2.24, 2.45) is 0 Å². The molecule has 4 aromatic rings. The van der Waals surface area contributed by atoms with Crippen molar-refractivity contribution in [3.8, 4) is 0 Å². The van der Waals surface area contributed by atoms with Gasteiger partial charge in [0.15, 0.2) is 0 Å². The molecule has 1 atom stereocenters. The lowest BCUT2D eigenvalue weighted by atomic mass is 10.0. The highest BCUT2D eigenvalue weighted by atomic mass is 32.2. The van der Waals surface area contributed by atoms with Crippen LogP contribution in [0.2, 0.25) is 0 Å². The van der Waals surface area contributed by atoms with Crippen LogP contribution in [-0.4, -0.2) is 115 Å². The third-order valence-electron chi connectivity index (χ3n) is 10.5. The van der Waals surface area contributed by atoms with Gasteiger partial charge >= 0.3 is 0 Å². The van der Waals surface area contributed by atoms with E-state index in [1.807, 2.05) is 31.2 Å². The van der Waals surface area contributed by atoms with Crippen LogP contribution in [0.25, 0.3) is 0 Å². The molecule has 19 heteroatoms. The van der Waals surface area contributed by atoms with Crippen molar-refractivity contribution in [1.29, 1.82) is 0 Å². The zero-order valence-corrected chi connectivity index (χ0v) is 35.9. The molecule has 6 N–H and O–H groups in total. The number of hydrogen-bond donors (Lipinski definition) is 6. The Labute approximate surface area is 360 Å². The number of piperazine rings is 1. The van der Waals surface area contributed by atoms with Crippen LogP contribution in [0.1, 0.15) is 66.3 Å². The maximum Gasteiger partial charge on any atom is 0.264 e. The predicted octanol–water partition coefficient (Wildman–Crippen LogP) is 3.49. The number of imide groups is 2. The molecule has 0 bridgehead atoms. The minimum Gasteiger partial charge on any atom is -0.384 e. The first-order chi connectivity index (χ1) is 29.5. The van der Waals surface area contributed by atoms with Crippen molar-refractivity contribution in [3.05, 3.63) is 89.6 Å². The molecule has 7 rings (SSSR count). The second kappa shape index (κ2) is 18.3. The summed E-state index contributed by atoms with van der Waals surface area (Å²) >= 11 is 0. The van der Waals surface area contributed by atoms with Crippen LogP contribution in [0, 0.1) is 6.92 Å². The summed E-state index contributed by atoms with van der Waals surface area (Å²) in [4.78, 5) is 77.8. The molecule has 2 saturated heterocycles. The first-order valence-corrected chi connectivity index (χ1v) is 22.0. The van der Waals surface area contributed by atoms with Gasteiger partial charge in [-0.1, -0.05) is 12.1 Å². The molecule has 3 aromatic carbocycles. The number of aryl methyl sites for hydroxylation is 1. The number of benzene rings is 3. The van der Waals surface area contributed by atoms with Gasteiger partial charge in [-0.15, -0.1) is 0 Å². The SMILES string of the molecule is Cc1cnc(Nc2ccc(N3CCN(CC(=O)NCCCNc4cccc5c4C(=O)N(C4CCC(=O)NC4=O)C5=O)CC3)cc2)nc1Nc1cccc(S(=O)(=O)NC(C)(C)C)c1. The minimum atomic E-state index is -3.72. The Balaban J connectivity index is 0.832. The molecular weight excluding hydrogens is 815 g/mol. The van der Waals surface area contributed by atoms with Gasteiger partial charge < -0.3 is 26.2 Å². The van der Waals surface area contributed by atoms with E-state index in [0.717, 1.165) is 34.9 Å². The average Bonchev–Trinajstić information content (AvgIpc) is 3.48. The number of nitrogens with zero attached hydrogens (tertiary/aromatic N) is 5. The van der Waals surface area contributed by atoms with Crippen molar-refractivity contribution < 1.29 is 32.4 Å². The predicted molar refractivity (Wildman–Crippen MR) is 234 cm³/mol. The second-order valence-corrected chi connectivity index (χ2v) is 18.2. The van der Waals surface area contributed by atoms with Gasteiger partial charge in [0.2, 0.25) is 33.7 Å². The Bertz CT molecular complexity index is 2480. The highest BCUT2D eigenvalue weighted by Gasteiger charge is 2.45. The highest BCUT2D eigenvalue weighted by Crippen LogP contribution is 2.32. The lowest BCUT2D eigenvalue weighted by Crippen LogP contribution is -2.54. The molecule has 62 heavy (non-hydrogen) atoms. The standard InChI is InChI=1S/C43H51N11O7S/c1-27-25-46-42(50-38(27)47-29-8-5-9-31(24-29)62(60,61)51-43(2,3)4)48-28-12-14-30(15-13-28)53-22-20-52(21-23-53)26-36(56)45-19-7-18-44-33-11-6-10-32-37(33)41(59)54(40(32)58)34-16-17-35(55)49-39(34)57/h5-6,8-15,24-25,34,44,51H,7,16-23,26H2,1-4H3,(H,45,56)(H,49,55,57)(H2,46,47,48,50). The van der Waals surface area contributed by atoms with Gasteiger partial charge in [0.25, 0.3) is 11.8 Å². The van der Waals surface area contributed by atoms with Gasteiger partial charge in [0, 0.05) is 85.7 Å². The Hall–Kier alpha value is -6.44. The van der Waals surface area contributed by atoms with E-state index in [2.05, 4.69) is 51.1 Å². The van der Waals surface area contributed by atoms with Gasteiger partial charge in [-0.3, -0.25) is 39.1 Å². The Morgan fingerprint density at radius 1 is 0.887 bits per heavy atom. The molecule has 0 spiro atoms. The van der Waals surface area contributed by atoms with Crippen LogP contribution in [-0.2, 0) is 24.4 Å². The molecule has 3 aliphatic heterocycles. The summed E-state index contributed by atoms with van der Waals surface area (Å²) in [5.41, 5.74) is 3.45. The van der Waals surface area contributed by atoms with Crippen molar-refractivity contribution >= 4 is 74.1 Å². The first kappa shape index (κ1) is 43.6. The number of nitrogens with one attached hydrogen (secondary N) is 6. The fraction of sp³-hybridized carbons (Fsp3) is 0.372. The van der Waals surface area contributed by atoms with Crippen molar-refractivity contribution in [3.63, 3.8) is 0 Å². The summed E-state index contributed by atoms with van der Waals surface area (Å²) in [6.45, 7) is 11.3. The number of fused-ring (bicyclic) bond motifs is 1. The van der Waals surface area contributed by atoms with E-state index in [1.165, 1.54) is 0 Å². The van der Waals surface area contributed by atoms with Crippen molar-refractivity contribution in [2.45, 2.75) is 63.4 Å². The zero-order valence-electron chi connectivity index (χ0n) is 35.1. The molecule has 0 saturated carbocycles. The van der Waals surface area contributed by atoms with E-state index in [4.69, 9.17) is 0 Å². The normalized spacial score (nSPS) is 17.1. The molecule has 326 valence electrons. The summed E-state index contributed by atoms with van der Waals surface area (Å²) in [6, 6.07) is 18.4. The quantitative estimate of drug-likeness (QED) is 0.0744. The smallest absolute Gasteiger partial charge is 0.264 e. The summed E-state index contributed by atoms with van der Waals surface area (Å²) in [5, 5.41) is 14.8. The number of carbonyl (C=O) groups is 5. The largest absolute Gasteiger partial charge is 0.384 e. The van der Waals surface area contributed by atoms with Crippen LogP contribution >= 0.6 is 0 Å².